The van der Waals surface area contributed by atoms with Crippen LogP contribution in [0.15, 0.2) is 54.6 Å². The van der Waals surface area contributed by atoms with Crippen molar-refractivity contribution in [3.05, 3.63) is 77.1 Å². The van der Waals surface area contributed by atoms with Crippen molar-refractivity contribution in [3.63, 3.8) is 0 Å². The van der Waals surface area contributed by atoms with E-state index in [9.17, 15) is 4.79 Å². The Labute approximate surface area is 190 Å². The number of likely N-dealkylation sites (tertiary alicyclic amines) is 1. The molecule has 0 N–H and O–H groups in total. The van der Waals surface area contributed by atoms with E-state index in [1.165, 1.54) is 0 Å². The van der Waals surface area contributed by atoms with Crippen LogP contribution in [0.1, 0.15) is 41.4 Å². The molecule has 1 fully saturated rings. The van der Waals surface area contributed by atoms with Gasteiger partial charge in [0.1, 0.15) is 11.5 Å². The first kappa shape index (κ1) is 21.9. The van der Waals surface area contributed by atoms with Crippen LogP contribution in [-0.4, -0.2) is 36.6 Å². The molecule has 0 saturated carbocycles. The van der Waals surface area contributed by atoms with Gasteiger partial charge in [0.2, 0.25) is 5.91 Å². The molecule has 3 aromatic rings. The molecule has 1 atom stereocenters. The number of hydrogen-bond acceptors (Lipinski definition) is 4. The smallest absolute Gasteiger partial charge is 0.227 e. The summed E-state index contributed by atoms with van der Waals surface area (Å²) in [6, 6.07) is 18.2. The molecular weight excluding hydrogens is 400 g/mol. The van der Waals surface area contributed by atoms with Gasteiger partial charge in [0.15, 0.2) is 0 Å². The molecule has 0 aliphatic carbocycles. The number of benzene rings is 2. The fourth-order valence-corrected chi connectivity index (χ4v) is 4.50. The molecule has 0 unspecified atom stereocenters. The summed E-state index contributed by atoms with van der Waals surface area (Å²) in [6.07, 6.45) is 2.24. The van der Waals surface area contributed by atoms with Gasteiger partial charge in [-0.1, -0.05) is 29.8 Å². The molecule has 2 heterocycles. The maximum Gasteiger partial charge on any atom is 0.227 e. The minimum Gasteiger partial charge on any atom is -0.497 e. The quantitative estimate of drug-likeness (QED) is 0.533. The van der Waals surface area contributed by atoms with Crippen molar-refractivity contribution in [2.24, 2.45) is 0 Å². The highest BCUT2D eigenvalue weighted by Crippen LogP contribution is 2.34. The zero-order valence-electron chi connectivity index (χ0n) is 19.2. The van der Waals surface area contributed by atoms with E-state index in [1.54, 1.807) is 14.2 Å². The summed E-state index contributed by atoms with van der Waals surface area (Å²) in [7, 11) is 3.32. The van der Waals surface area contributed by atoms with Crippen molar-refractivity contribution in [3.8, 4) is 22.6 Å². The highest BCUT2D eigenvalue weighted by Gasteiger charge is 2.31. The van der Waals surface area contributed by atoms with Gasteiger partial charge in [0, 0.05) is 17.8 Å². The Balaban J connectivity index is 1.60. The van der Waals surface area contributed by atoms with E-state index in [-0.39, 0.29) is 11.9 Å². The molecular formula is C27H30N2O3. The van der Waals surface area contributed by atoms with Gasteiger partial charge in [-0.2, -0.15) is 0 Å². The van der Waals surface area contributed by atoms with Crippen LogP contribution in [0.5, 0.6) is 11.5 Å². The van der Waals surface area contributed by atoms with Gasteiger partial charge < -0.3 is 14.4 Å². The van der Waals surface area contributed by atoms with Crippen LogP contribution >= 0.6 is 0 Å². The zero-order valence-corrected chi connectivity index (χ0v) is 19.2. The Morgan fingerprint density at radius 1 is 1.00 bits per heavy atom. The molecule has 1 aromatic heterocycles. The summed E-state index contributed by atoms with van der Waals surface area (Å²) < 4.78 is 10.8. The molecule has 1 amide bonds. The third-order valence-corrected chi connectivity index (χ3v) is 6.09. The molecule has 0 bridgehead atoms. The van der Waals surface area contributed by atoms with Crippen LogP contribution in [0.2, 0.25) is 0 Å². The zero-order chi connectivity index (χ0) is 22.7. The lowest BCUT2D eigenvalue weighted by Crippen LogP contribution is -2.32. The van der Waals surface area contributed by atoms with Gasteiger partial charge in [-0.25, -0.2) is 0 Å². The second-order valence-corrected chi connectivity index (χ2v) is 8.39. The van der Waals surface area contributed by atoms with Crippen LogP contribution in [-0.2, 0) is 11.2 Å². The first-order valence-corrected chi connectivity index (χ1v) is 11.0. The van der Waals surface area contributed by atoms with E-state index in [2.05, 4.69) is 24.3 Å². The molecule has 1 aliphatic heterocycles. The summed E-state index contributed by atoms with van der Waals surface area (Å²) >= 11 is 0. The van der Waals surface area contributed by atoms with Crippen molar-refractivity contribution < 1.29 is 14.3 Å². The molecule has 4 rings (SSSR count). The molecule has 1 saturated heterocycles. The minimum absolute atomic E-state index is 0.00444. The first-order chi connectivity index (χ1) is 15.5. The second-order valence-electron chi connectivity index (χ2n) is 8.39. The lowest BCUT2D eigenvalue weighted by molar-refractivity contribution is -0.131. The highest BCUT2D eigenvalue weighted by atomic mass is 16.5. The molecule has 2 aromatic carbocycles. The predicted octanol–water partition coefficient (Wildman–Crippen LogP) is 5.29. The number of methoxy groups -OCH3 is 2. The number of nitrogens with zero attached hydrogens (tertiary/aromatic N) is 2. The first-order valence-electron chi connectivity index (χ1n) is 11.0. The van der Waals surface area contributed by atoms with Crippen LogP contribution in [0.25, 0.3) is 11.1 Å². The standard InChI is InChI=1S/C27H30N2O3/c1-18-7-12-26(32-4)22(14-18)17-27(30)29-13-5-6-25(29)24-16-21(15-19(2)28-24)20-8-10-23(31-3)11-9-20/h7-12,14-16,25H,5-6,13,17H2,1-4H3/t25-/m0/s1. The number of pyridine rings is 1. The van der Waals surface area contributed by atoms with Crippen LogP contribution in [0.4, 0.5) is 0 Å². The number of amides is 1. The lowest BCUT2D eigenvalue weighted by Gasteiger charge is -2.25. The average Bonchev–Trinajstić information content (AvgIpc) is 3.29. The third kappa shape index (κ3) is 4.62. The van der Waals surface area contributed by atoms with Crippen molar-refractivity contribution >= 4 is 5.91 Å². The fraction of sp³-hybridized carbons (Fsp3) is 0.333. The number of rotatable bonds is 6. The van der Waals surface area contributed by atoms with Crippen molar-refractivity contribution in [1.82, 2.24) is 9.88 Å². The average molecular weight is 431 g/mol. The Kier molecular flexibility index (Phi) is 6.45. The van der Waals surface area contributed by atoms with E-state index in [0.717, 1.165) is 64.5 Å². The Bertz CT molecular complexity index is 1110. The van der Waals surface area contributed by atoms with Crippen LogP contribution < -0.4 is 9.47 Å². The monoisotopic (exact) mass is 430 g/mol. The molecule has 0 radical (unpaired) electrons. The SMILES string of the molecule is COc1ccc(-c2cc(C)nc([C@@H]3CCCN3C(=O)Cc3cc(C)ccc3OC)c2)cc1. The number of hydrogen-bond donors (Lipinski definition) is 0. The van der Waals surface area contributed by atoms with Gasteiger partial charge in [0.05, 0.1) is 32.4 Å². The maximum atomic E-state index is 13.3. The van der Waals surface area contributed by atoms with E-state index in [0.29, 0.717) is 6.42 Å². The van der Waals surface area contributed by atoms with Crippen LogP contribution in [0.3, 0.4) is 0 Å². The van der Waals surface area contributed by atoms with Crippen molar-refractivity contribution in [2.75, 3.05) is 20.8 Å². The summed E-state index contributed by atoms with van der Waals surface area (Å²) in [5, 5.41) is 0. The van der Waals surface area contributed by atoms with Gasteiger partial charge >= 0.3 is 0 Å². The molecule has 32 heavy (non-hydrogen) atoms. The second kappa shape index (κ2) is 9.43. The van der Waals surface area contributed by atoms with Crippen molar-refractivity contribution in [1.29, 1.82) is 0 Å². The minimum atomic E-state index is -0.00444. The largest absolute Gasteiger partial charge is 0.497 e. The topological polar surface area (TPSA) is 51.7 Å². The Morgan fingerprint density at radius 3 is 2.50 bits per heavy atom. The number of aryl methyl sites for hydroxylation is 2. The van der Waals surface area contributed by atoms with Gasteiger partial charge in [-0.05, 0) is 68.1 Å². The van der Waals surface area contributed by atoms with Gasteiger partial charge in [-0.3, -0.25) is 9.78 Å². The number of carbonyl (C=O) groups excluding carboxylic acids is 1. The molecule has 1 aliphatic rings. The van der Waals surface area contributed by atoms with Gasteiger partial charge in [-0.15, -0.1) is 0 Å². The lowest BCUT2D eigenvalue weighted by atomic mass is 10.0. The fourth-order valence-electron chi connectivity index (χ4n) is 4.50. The van der Waals surface area contributed by atoms with E-state index in [4.69, 9.17) is 14.5 Å². The molecule has 0 spiro atoms. The van der Waals surface area contributed by atoms with Crippen LogP contribution in [0, 0.1) is 13.8 Å². The van der Waals surface area contributed by atoms with Gasteiger partial charge in [0.25, 0.3) is 0 Å². The summed E-state index contributed by atoms with van der Waals surface area (Å²) in [5.41, 5.74) is 6.17. The predicted molar refractivity (Wildman–Crippen MR) is 126 cm³/mol. The molecule has 5 heteroatoms. The van der Waals surface area contributed by atoms with E-state index >= 15 is 0 Å². The Hall–Kier alpha value is -3.34. The third-order valence-electron chi connectivity index (χ3n) is 6.09. The highest BCUT2D eigenvalue weighted by molar-refractivity contribution is 5.80. The summed E-state index contributed by atoms with van der Waals surface area (Å²) in [6.45, 7) is 4.80. The summed E-state index contributed by atoms with van der Waals surface area (Å²) in [5.74, 6) is 1.71. The number of ether oxygens (including phenoxy) is 2. The normalized spacial score (nSPS) is 15.6. The molecule has 5 nitrogen and oxygen atoms in total. The maximum absolute atomic E-state index is 13.3. The van der Waals surface area contributed by atoms with E-state index in [1.807, 2.05) is 49.1 Å². The summed E-state index contributed by atoms with van der Waals surface area (Å²) in [4.78, 5) is 20.1. The Morgan fingerprint density at radius 2 is 1.78 bits per heavy atom. The number of aromatic nitrogens is 1. The van der Waals surface area contributed by atoms with Crippen molar-refractivity contribution in [2.45, 2.75) is 39.2 Å². The number of carbonyl (C=O) groups is 1. The molecule has 166 valence electrons. The van der Waals surface area contributed by atoms with E-state index < -0.39 is 0 Å².